The quantitative estimate of drug-likeness (QED) is 0.276. The van der Waals surface area contributed by atoms with E-state index in [1.54, 1.807) is 0 Å². The zero-order valence-electron chi connectivity index (χ0n) is 15.4. The Kier molecular flexibility index (Phi) is 2.34. The first kappa shape index (κ1) is 14.4. The van der Waals surface area contributed by atoms with Crippen molar-refractivity contribution in [2.75, 3.05) is 0 Å². The molecular weight excluding hydrogens is 372 g/mol. The fraction of sp³-hybridized carbons (Fsp3) is 0. The molecule has 0 radical (unpaired) electrons. The zero-order chi connectivity index (χ0) is 18.7. The Morgan fingerprint density at radius 1 is 0.586 bits per heavy atom. The van der Waals surface area contributed by atoms with Crippen molar-refractivity contribution in [3.05, 3.63) is 78.9 Å². The van der Waals surface area contributed by atoms with Crippen molar-refractivity contribution in [3.63, 3.8) is 0 Å². The van der Waals surface area contributed by atoms with Crippen molar-refractivity contribution in [3.8, 4) is 0 Å². The van der Waals surface area contributed by atoms with Crippen LogP contribution in [0.5, 0.6) is 0 Å². The van der Waals surface area contributed by atoms with Crippen LogP contribution in [-0.2, 0) is 0 Å². The molecule has 0 unspecified atom stereocenters. The molecule has 4 aromatic heterocycles. The smallest absolute Gasteiger partial charge is 0.109 e. The molecule has 1 N–H and O–H groups in total. The molecule has 4 heterocycles. The molecule has 8 rings (SSSR count). The summed E-state index contributed by atoms with van der Waals surface area (Å²) in [5.74, 6) is 0. The Morgan fingerprint density at radius 3 is 2.28 bits per heavy atom. The zero-order valence-corrected chi connectivity index (χ0v) is 16.2. The third-order valence-electron chi connectivity index (χ3n) is 6.47. The van der Waals surface area contributed by atoms with Crippen LogP contribution < -0.4 is 0 Å². The largest absolute Gasteiger partial charge is 0.354 e. The maximum Gasteiger partial charge on any atom is 0.109 e. The highest BCUT2D eigenvalue weighted by atomic mass is 32.1. The second kappa shape index (κ2) is 4.70. The minimum Gasteiger partial charge on any atom is -0.354 e. The Hall–Kier alpha value is -3.56. The van der Waals surface area contributed by atoms with E-state index in [9.17, 15) is 0 Å². The first-order valence-electron chi connectivity index (χ1n) is 9.89. The summed E-state index contributed by atoms with van der Waals surface area (Å²) >= 11 is 1.90. The van der Waals surface area contributed by atoms with Crippen LogP contribution in [0, 0.1) is 0 Å². The third-order valence-corrected chi connectivity index (χ3v) is 7.62. The molecule has 4 aromatic carbocycles. The van der Waals surface area contributed by atoms with Crippen LogP contribution in [0.1, 0.15) is 0 Å². The summed E-state index contributed by atoms with van der Waals surface area (Å²) in [5.41, 5.74) is 5.02. The highest BCUT2D eigenvalue weighted by Crippen LogP contribution is 2.45. The van der Waals surface area contributed by atoms with E-state index in [0.717, 1.165) is 0 Å². The second-order valence-electron chi connectivity index (χ2n) is 7.87. The number of hydrogen-bond donors (Lipinski definition) is 1. The molecule has 134 valence electrons. The molecule has 0 spiro atoms. The molecule has 2 nitrogen and oxygen atoms in total. The predicted octanol–water partition coefficient (Wildman–Crippen LogP) is 7.69. The maximum absolute atomic E-state index is 3.65. The van der Waals surface area contributed by atoms with E-state index < -0.39 is 0 Å². The summed E-state index contributed by atoms with van der Waals surface area (Å²) in [5, 5.41) is 9.38. The Labute approximate surface area is 168 Å². The van der Waals surface area contributed by atoms with Crippen LogP contribution >= 0.6 is 11.3 Å². The van der Waals surface area contributed by atoms with Crippen LogP contribution in [0.25, 0.3) is 69.3 Å². The number of para-hydroxylation sites is 1. The fourth-order valence-corrected chi connectivity index (χ4v) is 6.61. The molecule has 0 saturated heterocycles. The fourth-order valence-electron chi connectivity index (χ4n) is 5.37. The van der Waals surface area contributed by atoms with Gasteiger partial charge in [0.2, 0.25) is 0 Å². The van der Waals surface area contributed by atoms with Gasteiger partial charge < -0.3 is 4.98 Å². The summed E-state index contributed by atoms with van der Waals surface area (Å²) in [6.45, 7) is 0. The molecule has 8 aromatic rings. The lowest BCUT2D eigenvalue weighted by Gasteiger charge is -2.01. The number of H-pyrrole nitrogens is 1. The lowest BCUT2D eigenvalue weighted by atomic mass is 10.0. The molecule has 0 aliphatic rings. The van der Waals surface area contributed by atoms with E-state index in [2.05, 4.69) is 88.2 Å². The van der Waals surface area contributed by atoms with Crippen LogP contribution in [-0.4, -0.2) is 9.38 Å². The monoisotopic (exact) mass is 386 g/mol. The van der Waals surface area contributed by atoms with Gasteiger partial charge in [-0.3, -0.25) is 4.40 Å². The van der Waals surface area contributed by atoms with Crippen molar-refractivity contribution in [1.82, 2.24) is 9.38 Å². The van der Waals surface area contributed by atoms with E-state index >= 15 is 0 Å². The molecule has 3 heteroatoms. The Bertz CT molecular complexity index is 1910. The average Bonchev–Trinajstić information content (AvgIpc) is 3.38. The minimum atomic E-state index is 1.20. The number of rotatable bonds is 0. The van der Waals surface area contributed by atoms with Gasteiger partial charge in [-0.15, -0.1) is 11.3 Å². The number of aromatic nitrogens is 2. The van der Waals surface area contributed by atoms with Crippen molar-refractivity contribution >= 4 is 80.6 Å². The van der Waals surface area contributed by atoms with E-state index in [1.807, 2.05) is 11.3 Å². The van der Waals surface area contributed by atoms with Gasteiger partial charge in [0.05, 0.1) is 11.0 Å². The minimum absolute atomic E-state index is 1.20. The molecular formula is C26H14N2S. The molecule has 0 aliphatic carbocycles. The first-order chi connectivity index (χ1) is 14.4. The van der Waals surface area contributed by atoms with Crippen molar-refractivity contribution in [1.29, 1.82) is 0 Å². The summed E-state index contributed by atoms with van der Waals surface area (Å²) < 4.78 is 3.86. The predicted molar refractivity (Wildman–Crippen MR) is 126 cm³/mol. The number of thiophene rings is 1. The lowest BCUT2D eigenvalue weighted by molar-refractivity contribution is 1.38. The van der Waals surface area contributed by atoms with E-state index in [4.69, 9.17) is 0 Å². The van der Waals surface area contributed by atoms with Gasteiger partial charge in [-0.2, -0.15) is 0 Å². The summed E-state index contributed by atoms with van der Waals surface area (Å²) in [6.07, 6.45) is 0. The topological polar surface area (TPSA) is 20.2 Å². The van der Waals surface area contributed by atoms with Crippen LogP contribution in [0.3, 0.4) is 0 Å². The third kappa shape index (κ3) is 1.54. The molecule has 0 amide bonds. The van der Waals surface area contributed by atoms with Gasteiger partial charge in [-0.1, -0.05) is 54.6 Å². The van der Waals surface area contributed by atoms with E-state index in [0.29, 0.717) is 0 Å². The Balaban J connectivity index is 1.89. The van der Waals surface area contributed by atoms with Gasteiger partial charge in [0.25, 0.3) is 0 Å². The van der Waals surface area contributed by atoms with Crippen molar-refractivity contribution in [2.24, 2.45) is 0 Å². The Morgan fingerprint density at radius 2 is 1.31 bits per heavy atom. The number of hydrogen-bond acceptors (Lipinski definition) is 1. The highest BCUT2D eigenvalue weighted by Gasteiger charge is 2.20. The van der Waals surface area contributed by atoms with Gasteiger partial charge in [0.15, 0.2) is 0 Å². The van der Waals surface area contributed by atoms with E-state index in [1.165, 1.54) is 69.3 Å². The van der Waals surface area contributed by atoms with Crippen LogP contribution in [0.15, 0.2) is 78.9 Å². The second-order valence-corrected chi connectivity index (χ2v) is 8.90. The van der Waals surface area contributed by atoms with Crippen LogP contribution in [0.2, 0.25) is 0 Å². The molecule has 0 aliphatic heterocycles. The summed E-state index contributed by atoms with van der Waals surface area (Å²) in [6, 6.07) is 28.9. The number of nitrogens with one attached hydrogen (secondary N) is 1. The molecule has 0 atom stereocenters. The normalized spacial score (nSPS) is 12.8. The standard InChI is InChI=1S/C26H14N2S/c1-2-13-21-16(6-1)22-17-9-3-8-15-14-7-4-10-18-23(14)24-19(27-18)11-5-12-20(24)28(25(15)17)26(22)29-21/h1-13,27H. The molecule has 0 bridgehead atoms. The van der Waals surface area contributed by atoms with Crippen molar-refractivity contribution in [2.45, 2.75) is 0 Å². The summed E-state index contributed by atoms with van der Waals surface area (Å²) in [4.78, 5) is 4.98. The molecule has 0 saturated carbocycles. The first-order valence-corrected chi connectivity index (χ1v) is 10.7. The maximum atomic E-state index is 3.65. The summed E-state index contributed by atoms with van der Waals surface area (Å²) in [7, 11) is 0. The van der Waals surface area contributed by atoms with Gasteiger partial charge in [-0.05, 0) is 29.7 Å². The van der Waals surface area contributed by atoms with Crippen molar-refractivity contribution < 1.29 is 0 Å². The van der Waals surface area contributed by atoms with E-state index in [-0.39, 0.29) is 0 Å². The van der Waals surface area contributed by atoms with Gasteiger partial charge >= 0.3 is 0 Å². The van der Waals surface area contributed by atoms with Gasteiger partial charge in [0.1, 0.15) is 4.83 Å². The SMILES string of the molecule is c1ccc2c(c1)sc1c2c2cccc3c4cccc5[nH]c6cccc(c6c54)n1c32. The molecule has 0 fully saturated rings. The van der Waals surface area contributed by atoms with Gasteiger partial charge in [-0.25, -0.2) is 0 Å². The highest BCUT2D eigenvalue weighted by molar-refractivity contribution is 7.25. The number of benzene rings is 4. The molecule has 29 heavy (non-hydrogen) atoms. The van der Waals surface area contributed by atoms with Gasteiger partial charge in [0, 0.05) is 48.1 Å². The average molecular weight is 386 g/mol. The van der Waals surface area contributed by atoms with Crippen LogP contribution in [0.4, 0.5) is 0 Å². The number of aromatic amines is 1. The lowest BCUT2D eigenvalue weighted by Crippen LogP contribution is -1.83. The number of nitrogens with zero attached hydrogens (tertiary/aromatic N) is 1. The number of fused-ring (bicyclic) bond motifs is 7.